The molecule has 6 nitrogen and oxygen atoms in total. The fourth-order valence-corrected chi connectivity index (χ4v) is 3.03. The maximum absolute atomic E-state index is 4.72. The number of aromatic nitrogens is 6. The third-order valence-corrected chi connectivity index (χ3v) is 4.28. The van der Waals surface area contributed by atoms with E-state index in [2.05, 4.69) is 44.4 Å². The summed E-state index contributed by atoms with van der Waals surface area (Å²) in [5.74, 6) is 0. The van der Waals surface area contributed by atoms with Gasteiger partial charge in [-0.1, -0.05) is 12.1 Å². The lowest BCUT2D eigenvalue weighted by Crippen LogP contribution is -2.00. The van der Waals surface area contributed by atoms with E-state index in [0.717, 1.165) is 39.9 Å². The average Bonchev–Trinajstić information content (AvgIpc) is 3.32. The van der Waals surface area contributed by atoms with Gasteiger partial charge in [-0.05, 0) is 35.9 Å². The average molecular weight is 326 g/mol. The van der Waals surface area contributed by atoms with Crippen molar-refractivity contribution in [3.8, 4) is 11.3 Å². The number of hydrogen-bond acceptors (Lipinski definition) is 4. The Bertz CT molecular complexity index is 1170. The zero-order valence-electron chi connectivity index (χ0n) is 13.3. The molecule has 6 heteroatoms. The first-order chi connectivity index (χ1) is 12.4. The lowest BCUT2D eigenvalue weighted by atomic mass is 10.1. The Labute approximate surface area is 143 Å². The maximum Gasteiger partial charge on any atom is 0.153 e. The molecule has 0 bridgehead atoms. The standard InChI is InChI=1S/C19H14N6/c1-2-14-8-13(3-4-17(14)20-7-1)9-16-12-21-19-6-5-18(24-25(16)19)15-10-22-23-11-15/h1-8,10-12H,9H2,(H,22,23). The maximum atomic E-state index is 4.72. The second-order valence-electron chi connectivity index (χ2n) is 5.93. The van der Waals surface area contributed by atoms with Gasteiger partial charge in [0.05, 0.1) is 29.3 Å². The monoisotopic (exact) mass is 326 g/mol. The first-order valence-corrected chi connectivity index (χ1v) is 8.03. The Morgan fingerprint density at radius 3 is 2.92 bits per heavy atom. The molecule has 25 heavy (non-hydrogen) atoms. The van der Waals surface area contributed by atoms with Gasteiger partial charge in [-0.25, -0.2) is 9.50 Å². The van der Waals surface area contributed by atoms with Crippen LogP contribution in [0.2, 0.25) is 0 Å². The highest BCUT2D eigenvalue weighted by Crippen LogP contribution is 2.19. The van der Waals surface area contributed by atoms with Crippen molar-refractivity contribution >= 4 is 16.6 Å². The summed E-state index contributed by atoms with van der Waals surface area (Å²) in [5.41, 5.74) is 5.91. The molecule has 5 rings (SSSR count). The third-order valence-electron chi connectivity index (χ3n) is 4.28. The first-order valence-electron chi connectivity index (χ1n) is 8.03. The summed E-state index contributed by atoms with van der Waals surface area (Å²) in [6.45, 7) is 0. The summed E-state index contributed by atoms with van der Waals surface area (Å²) in [5, 5.41) is 12.7. The van der Waals surface area contributed by atoms with Crippen molar-refractivity contribution in [2.45, 2.75) is 6.42 Å². The van der Waals surface area contributed by atoms with E-state index in [1.54, 1.807) is 6.20 Å². The van der Waals surface area contributed by atoms with Gasteiger partial charge in [0, 0.05) is 29.8 Å². The normalized spacial score (nSPS) is 11.4. The molecule has 1 aromatic carbocycles. The number of aromatic amines is 1. The molecule has 0 atom stereocenters. The number of H-pyrrole nitrogens is 1. The zero-order valence-corrected chi connectivity index (χ0v) is 13.3. The van der Waals surface area contributed by atoms with E-state index in [1.165, 1.54) is 5.56 Å². The number of pyridine rings is 1. The van der Waals surface area contributed by atoms with Crippen molar-refractivity contribution in [2.24, 2.45) is 0 Å². The van der Waals surface area contributed by atoms with Gasteiger partial charge in [0.15, 0.2) is 5.65 Å². The van der Waals surface area contributed by atoms with E-state index in [0.29, 0.717) is 0 Å². The summed E-state index contributed by atoms with van der Waals surface area (Å²) in [6.07, 6.45) is 8.05. The number of hydrogen-bond donors (Lipinski definition) is 1. The predicted octanol–water partition coefficient (Wildman–Crippen LogP) is 3.26. The molecule has 0 fully saturated rings. The summed E-state index contributed by atoms with van der Waals surface area (Å²) in [6, 6.07) is 14.3. The van der Waals surface area contributed by atoms with Gasteiger partial charge in [-0.15, -0.1) is 0 Å². The van der Waals surface area contributed by atoms with E-state index in [-0.39, 0.29) is 0 Å². The van der Waals surface area contributed by atoms with Crippen LogP contribution in [0, 0.1) is 0 Å². The third kappa shape index (κ3) is 2.44. The van der Waals surface area contributed by atoms with E-state index in [1.807, 2.05) is 41.3 Å². The predicted molar refractivity (Wildman–Crippen MR) is 95.1 cm³/mol. The van der Waals surface area contributed by atoms with Crippen molar-refractivity contribution < 1.29 is 0 Å². The number of benzene rings is 1. The molecule has 5 aromatic rings. The number of nitrogens with zero attached hydrogens (tertiary/aromatic N) is 5. The van der Waals surface area contributed by atoms with Crippen LogP contribution < -0.4 is 0 Å². The molecule has 0 saturated heterocycles. The molecule has 0 aliphatic heterocycles. The van der Waals surface area contributed by atoms with Crippen molar-refractivity contribution in [3.05, 3.63) is 78.5 Å². The van der Waals surface area contributed by atoms with Gasteiger partial charge in [0.25, 0.3) is 0 Å². The second-order valence-corrected chi connectivity index (χ2v) is 5.93. The van der Waals surface area contributed by atoms with E-state index < -0.39 is 0 Å². The van der Waals surface area contributed by atoms with Crippen LogP contribution in [-0.4, -0.2) is 29.8 Å². The molecule has 0 aliphatic rings. The van der Waals surface area contributed by atoms with Crippen molar-refractivity contribution in [3.63, 3.8) is 0 Å². The minimum atomic E-state index is 0.758. The van der Waals surface area contributed by atoms with E-state index in [9.17, 15) is 0 Å². The van der Waals surface area contributed by atoms with Gasteiger partial charge in [-0.3, -0.25) is 10.1 Å². The molecule has 0 radical (unpaired) electrons. The van der Waals surface area contributed by atoms with Gasteiger partial charge in [0.2, 0.25) is 0 Å². The van der Waals surface area contributed by atoms with Crippen LogP contribution in [0.25, 0.3) is 27.8 Å². The molecule has 1 N–H and O–H groups in total. The lowest BCUT2D eigenvalue weighted by Gasteiger charge is -2.05. The highest BCUT2D eigenvalue weighted by atomic mass is 15.3. The van der Waals surface area contributed by atoms with Crippen LogP contribution in [0.1, 0.15) is 11.3 Å². The fourth-order valence-electron chi connectivity index (χ4n) is 3.03. The summed E-state index contributed by atoms with van der Waals surface area (Å²) >= 11 is 0. The Balaban J connectivity index is 1.56. The van der Waals surface area contributed by atoms with Gasteiger partial charge in [-0.2, -0.15) is 10.2 Å². The SMILES string of the molecule is c1cnc2ccc(Cc3cnc4ccc(-c5cn[nH]c5)nn34)cc2c1. The van der Waals surface area contributed by atoms with E-state index in [4.69, 9.17) is 5.10 Å². The Morgan fingerprint density at radius 1 is 1.00 bits per heavy atom. The van der Waals surface area contributed by atoms with Crippen molar-refractivity contribution in [1.29, 1.82) is 0 Å². The number of imidazole rings is 1. The second kappa shape index (κ2) is 5.52. The molecule has 0 aliphatic carbocycles. The molecule has 0 amide bonds. The molecular weight excluding hydrogens is 312 g/mol. The van der Waals surface area contributed by atoms with Crippen LogP contribution in [0.3, 0.4) is 0 Å². The van der Waals surface area contributed by atoms with Gasteiger partial charge < -0.3 is 0 Å². The molecule has 0 saturated carbocycles. The van der Waals surface area contributed by atoms with Crippen LogP contribution in [-0.2, 0) is 6.42 Å². The molecule has 120 valence electrons. The minimum absolute atomic E-state index is 0.758. The summed E-state index contributed by atoms with van der Waals surface area (Å²) in [7, 11) is 0. The topological polar surface area (TPSA) is 71.8 Å². The number of rotatable bonds is 3. The quantitative estimate of drug-likeness (QED) is 0.552. The Morgan fingerprint density at radius 2 is 2.00 bits per heavy atom. The largest absolute Gasteiger partial charge is 0.285 e. The fraction of sp³-hybridized carbons (Fsp3) is 0.0526. The molecule has 4 aromatic heterocycles. The molecule has 0 unspecified atom stereocenters. The zero-order chi connectivity index (χ0) is 16.6. The van der Waals surface area contributed by atoms with Crippen LogP contribution >= 0.6 is 0 Å². The summed E-state index contributed by atoms with van der Waals surface area (Å²) < 4.78 is 1.90. The molecule has 4 heterocycles. The highest BCUT2D eigenvalue weighted by Gasteiger charge is 2.09. The minimum Gasteiger partial charge on any atom is -0.285 e. The molecule has 0 spiro atoms. The lowest BCUT2D eigenvalue weighted by molar-refractivity contribution is 0.876. The molecular formula is C19H14N6. The Hall–Kier alpha value is -3.54. The highest BCUT2D eigenvalue weighted by molar-refractivity contribution is 5.79. The van der Waals surface area contributed by atoms with E-state index >= 15 is 0 Å². The summed E-state index contributed by atoms with van der Waals surface area (Å²) in [4.78, 5) is 8.83. The van der Waals surface area contributed by atoms with Crippen molar-refractivity contribution in [1.82, 2.24) is 29.8 Å². The van der Waals surface area contributed by atoms with Crippen LogP contribution in [0.5, 0.6) is 0 Å². The number of nitrogens with one attached hydrogen (secondary N) is 1. The first kappa shape index (κ1) is 13.9. The van der Waals surface area contributed by atoms with Gasteiger partial charge in [0.1, 0.15) is 0 Å². The Kier molecular flexibility index (Phi) is 3.06. The number of fused-ring (bicyclic) bond motifs is 2. The van der Waals surface area contributed by atoms with Crippen LogP contribution in [0.4, 0.5) is 0 Å². The van der Waals surface area contributed by atoms with Crippen molar-refractivity contribution in [2.75, 3.05) is 0 Å². The smallest absolute Gasteiger partial charge is 0.153 e. The van der Waals surface area contributed by atoms with Gasteiger partial charge >= 0.3 is 0 Å². The van der Waals surface area contributed by atoms with Crippen LogP contribution in [0.15, 0.2) is 67.3 Å².